The van der Waals surface area contributed by atoms with Crippen molar-refractivity contribution in [1.29, 1.82) is 0 Å². The lowest BCUT2D eigenvalue weighted by molar-refractivity contribution is 0.508. The molecule has 1 heterocycles. The molecule has 2 aromatic rings. The standard InChI is InChI=1S/C18H22Cl2N4.HI/c1-18(2,13-7-8-15(19)16(20)10-13)12-24-17(21-3)23-11-14-6-4-5-9-22-14;/h4-10H,11-12H2,1-3H3,(H2,21,23,24);1H. The molecule has 0 aliphatic heterocycles. The number of hydrogen-bond donors (Lipinski definition) is 2. The van der Waals surface area contributed by atoms with Crippen LogP contribution in [-0.4, -0.2) is 24.5 Å². The van der Waals surface area contributed by atoms with Crippen LogP contribution in [0.4, 0.5) is 0 Å². The van der Waals surface area contributed by atoms with E-state index >= 15 is 0 Å². The summed E-state index contributed by atoms with van der Waals surface area (Å²) in [7, 11) is 1.75. The summed E-state index contributed by atoms with van der Waals surface area (Å²) in [6, 6.07) is 11.6. The zero-order chi connectivity index (χ0) is 17.6. The van der Waals surface area contributed by atoms with Gasteiger partial charge < -0.3 is 10.6 Å². The number of nitrogens with zero attached hydrogens (tertiary/aromatic N) is 2. The van der Waals surface area contributed by atoms with Crippen LogP contribution >= 0.6 is 47.2 Å². The second-order valence-electron chi connectivity index (χ2n) is 6.11. The molecule has 0 unspecified atom stereocenters. The van der Waals surface area contributed by atoms with Crippen LogP contribution in [-0.2, 0) is 12.0 Å². The predicted molar refractivity (Wildman–Crippen MR) is 117 cm³/mol. The smallest absolute Gasteiger partial charge is 0.191 e. The highest BCUT2D eigenvalue weighted by molar-refractivity contribution is 14.0. The molecular weight excluding hydrogens is 470 g/mol. The maximum atomic E-state index is 6.13. The van der Waals surface area contributed by atoms with E-state index in [-0.39, 0.29) is 29.4 Å². The van der Waals surface area contributed by atoms with Crippen LogP contribution in [0.5, 0.6) is 0 Å². The van der Waals surface area contributed by atoms with Gasteiger partial charge in [-0.05, 0) is 29.8 Å². The number of hydrogen-bond acceptors (Lipinski definition) is 2. The Labute approximate surface area is 176 Å². The molecule has 0 saturated carbocycles. The summed E-state index contributed by atoms with van der Waals surface area (Å²) in [5, 5.41) is 7.74. The van der Waals surface area contributed by atoms with Crippen LogP contribution in [0.3, 0.4) is 0 Å². The molecule has 7 heteroatoms. The maximum Gasteiger partial charge on any atom is 0.191 e. The highest BCUT2D eigenvalue weighted by Gasteiger charge is 2.21. The Balaban J connectivity index is 0.00000312. The first-order valence-electron chi connectivity index (χ1n) is 7.72. The zero-order valence-corrected chi connectivity index (χ0v) is 18.4. The summed E-state index contributed by atoms with van der Waals surface area (Å²) < 4.78 is 0. The van der Waals surface area contributed by atoms with Crippen molar-refractivity contribution in [3.8, 4) is 0 Å². The Bertz CT molecular complexity index is 705. The van der Waals surface area contributed by atoms with Gasteiger partial charge in [-0.1, -0.05) is 49.2 Å². The Kier molecular flexibility index (Phi) is 8.96. The topological polar surface area (TPSA) is 49.3 Å². The monoisotopic (exact) mass is 492 g/mol. The van der Waals surface area contributed by atoms with E-state index in [2.05, 4.69) is 34.5 Å². The highest BCUT2D eigenvalue weighted by atomic mass is 127. The van der Waals surface area contributed by atoms with Crippen molar-refractivity contribution in [2.75, 3.05) is 13.6 Å². The summed E-state index contributed by atoms with van der Waals surface area (Å²) in [6.45, 7) is 5.61. The van der Waals surface area contributed by atoms with Gasteiger partial charge in [0.1, 0.15) is 0 Å². The lowest BCUT2D eigenvalue weighted by atomic mass is 9.84. The van der Waals surface area contributed by atoms with Crippen molar-refractivity contribution in [1.82, 2.24) is 15.6 Å². The van der Waals surface area contributed by atoms with E-state index in [4.69, 9.17) is 23.2 Å². The first-order valence-corrected chi connectivity index (χ1v) is 8.48. The summed E-state index contributed by atoms with van der Waals surface area (Å²) >= 11 is 12.1. The van der Waals surface area contributed by atoms with Crippen LogP contribution in [0.25, 0.3) is 0 Å². The van der Waals surface area contributed by atoms with Crippen LogP contribution in [0.2, 0.25) is 10.0 Å². The molecule has 2 rings (SSSR count). The molecule has 1 aromatic carbocycles. The molecule has 1 aromatic heterocycles. The lowest BCUT2D eigenvalue weighted by Crippen LogP contribution is -2.43. The first-order chi connectivity index (χ1) is 11.4. The minimum absolute atomic E-state index is 0. The first kappa shape index (κ1) is 22.0. The molecule has 25 heavy (non-hydrogen) atoms. The summed E-state index contributed by atoms with van der Waals surface area (Å²) in [5.41, 5.74) is 1.95. The van der Waals surface area contributed by atoms with Crippen molar-refractivity contribution < 1.29 is 0 Å². The molecule has 0 bridgehead atoms. The van der Waals surface area contributed by atoms with E-state index < -0.39 is 0 Å². The van der Waals surface area contributed by atoms with Crippen LogP contribution in [0, 0.1) is 0 Å². The molecular formula is C18H23Cl2IN4. The fourth-order valence-corrected chi connectivity index (χ4v) is 2.52. The Morgan fingerprint density at radius 2 is 1.88 bits per heavy atom. The molecule has 4 nitrogen and oxygen atoms in total. The van der Waals surface area contributed by atoms with E-state index in [0.717, 1.165) is 17.2 Å². The maximum absolute atomic E-state index is 6.13. The van der Waals surface area contributed by atoms with Gasteiger partial charge in [-0.15, -0.1) is 24.0 Å². The van der Waals surface area contributed by atoms with Gasteiger partial charge in [-0.2, -0.15) is 0 Å². The molecule has 0 aliphatic carbocycles. The molecule has 0 saturated heterocycles. The fraction of sp³-hybridized carbons (Fsp3) is 0.333. The molecule has 0 radical (unpaired) electrons. The molecule has 2 N–H and O–H groups in total. The number of halogens is 3. The summed E-state index contributed by atoms with van der Waals surface area (Å²) in [4.78, 5) is 8.54. The predicted octanol–water partition coefficient (Wildman–Crippen LogP) is 4.65. The van der Waals surface area contributed by atoms with Crippen molar-refractivity contribution in [2.24, 2.45) is 4.99 Å². The quantitative estimate of drug-likeness (QED) is 0.363. The van der Waals surface area contributed by atoms with Gasteiger partial charge in [0.2, 0.25) is 0 Å². The molecule has 0 aliphatic rings. The Hall–Kier alpha value is -1.05. The fourth-order valence-electron chi connectivity index (χ4n) is 2.22. The normalized spacial score (nSPS) is 11.6. The summed E-state index contributed by atoms with van der Waals surface area (Å²) in [5.74, 6) is 0.730. The van der Waals surface area contributed by atoms with Gasteiger partial charge in [-0.3, -0.25) is 9.98 Å². The third-order valence-corrected chi connectivity index (χ3v) is 4.52. The van der Waals surface area contributed by atoms with Crippen molar-refractivity contribution >= 4 is 53.1 Å². The van der Waals surface area contributed by atoms with Crippen molar-refractivity contribution in [3.05, 3.63) is 63.9 Å². The van der Waals surface area contributed by atoms with Gasteiger partial charge in [0, 0.05) is 25.2 Å². The third kappa shape index (κ3) is 6.64. The van der Waals surface area contributed by atoms with Gasteiger partial charge >= 0.3 is 0 Å². The molecule has 0 atom stereocenters. The lowest BCUT2D eigenvalue weighted by Gasteiger charge is -2.27. The van der Waals surface area contributed by atoms with E-state index in [1.165, 1.54) is 0 Å². The number of aliphatic imine (C=N–C) groups is 1. The second kappa shape index (κ2) is 10.2. The number of rotatable bonds is 5. The van der Waals surface area contributed by atoms with Gasteiger partial charge in [0.25, 0.3) is 0 Å². The van der Waals surface area contributed by atoms with Crippen molar-refractivity contribution in [3.63, 3.8) is 0 Å². The minimum atomic E-state index is -0.128. The van der Waals surface area contributed by atoms with E-state index in [1.807, 2.05) is 36.4 Å². The summed E-state index contributed by atoms with van der Waals surface area (Å²) in [6.07, 6.45) is 1.78. The second-order valence-corrected chi connectivity index (χ2v) is 6.93. The number of guanidine groups is 1. The zero-order valence-electron chi connectivity index (χ0n) is 14.5. The van der Waals surface area contributed by atoms with Crippen LogP contribution in [0.1, 0.15) is 25.1 Å². The number of nitrogens with one attached hydrogen (secondary N) is 2. The van der Waals surface area contributed by atoms with E-state index in [0.29, 0.717) is 23.1 Å². The molecule has 0 fully saturated rings. The number of aromatic nitrogens is 1. The van der Waals surface area contributed by atoms with E-state index in [1.54, 1.807) is 13.2 Å². The average molecular weight is 493 g/mol. The average Bonchev–Trinajstić information content (AvgIpc) is 2.58. The van der Waals surface area contributed by atoms with Crippen LogP contribution in [0.15, 0.2) is 47.6 Å². The number of benzene rings is 1. The Morgan fingerprint density at radius 3 is 2.48 bits per heavy atom. The number of pyridine rings is 1. The van der Waals surface area contributed by atoms with Gasteiger partial charge in [0.05, 0.1) is 22.3 Å². The van der Waals surface area contributed by atoms with Gasteiger partial charge in [-0.25, -0.2) is 0 Å². The molecule has 0 spiro atoms. The SMILES string of the molecule is CN=C(NCc1ccccn1)NCC(C)(C)c1ccc(Cl)c(Cl)c1.I. The Morgan fingerprint density at radius 1 is 1.12 bits per heavy atom. The van der Waals surface area contributed by atoms with Crippen LogP contribution < -0.4 is 10.6 Å². The van der Waals surface area contributed by atoms with E-state index in [9.17, 15) is 0 Å². The van der Waals surface area contributed by atoms with Gasteiger partial charge in [0.15, 0.2) is 5.96 Å². The highest BCUT2D eigenvalue weighted by Crippen LogP contribution is 2.29. The minimum Gasteiger partial charge on any atom is -0.356 e. The molecule has 136 valence electrons. The van der Waals surface area contributed by atoms with Crippen molar-refractivity contribution in [2.45, 2.75) is 25.8 Å². The molecule has 0 amide bonds. The third-order valence-electron chi connectivity index (χ3n) is 3.79. The largest absolute Gasteiger partial charge is 0.356 e.